The maximum absolute atomic E-state index is 14.2. The molecule has 6 nitrogen and oxygen atoms in total. The summed E-state index contributed by atoms with van der Waals surface area (Å²) in [5.74, 6) is 0.456. The first kappa shape index (κ1) is 23.2. The molecule has 0 amide bonds. The third-order valence-electron chi connectivity index (χ3n) is 4.86. The number of hydrogen-bond acceptors (Lipinski definition) is 5. The maximum Gasteiger partial charge on any atom is 0.269 e. The fourth-order valence-electron chi connectivity index (χ4n) is 3.28. The number of methoxy groups -OCH3 is 1. The lowest BCUT2D eigenvalue weighted by Crippen LogP contribution is -2.02. The van der Waals surface area contributed by atoms with Crippen LogP contribution >= 0.6 is 0 Å². The zero-order chi connectivity index (χ0) is 23.8. The number of benzene rings is 3. The molecule has 0 aliphatic rings. The molecule has 0 bridgehead atoms. The number of non-ortho nitro benzene ring substituents is 1. The Bertz CT molecular complexity index is 1240. The molecule has 0 saturated heterocycles. The molecule has 0 N–H and O–H groups in total. The van der Waals surface area contributed by atoms with Gasteiger partial charge in [-0.1, -0.05) is 24.3 Å². The van der Waals surface area contributed by atoms with Crippen LogP contribution in [0.1, 0.15) is 22.3 Å². The predicted octanol–water partition coefficient (Wildman–Crippen LogP) is 6.11. The van der Waals surface area contributed by atoms with Crippen molar-refractivity contribution in [3.8, 4) is 17.6 Å². The Morgan fingerprint density at radius 2 is 1.94 bits per heavy atom. The van der Waals surface area contributed by atoms with Gasteiger partial charge in [-0.3, -0.25) is 10.1 Å². The highest BCUT2D eigenvalue weighted by Gasteiger charge is 2.14. The average Bonchev–Trinajstić information content (AvgIpc) is 2.82. The topological polar surface area (TPSA) is 85.4 Å². The summed E-state index contributed by atoms with van der Waals surface area (Å²) in [6.45, 7) is 3.96. The lowest BCUT2D eigenvalue weighted by atomic mass is 10.0. The monoisotopic (exact) mass is 444 g/mol. The van der Waals surface area contributed by atoms with Crippen LogP contribution in [0.5, 0.6) is 11.5 Å². The van der Waals surface area contributed by atoms with Crippen molar-refractivity contribution in [3.63, 3.8) is 0 Å². The van der Waals surface area contributed by atoms with Crippen LogP contribution in [0.25, 0.3) is 11.6 Å². The summed E-state index contributed by atoms with van der Waals surface area (Å²) >= 11 is 0. The fraction of sp³-hybridized carbons (Fsp3) is 0.115. The first-order valence-electron chi connectivity index (χ1n) is 10.0. The number of nitrogens with zero attached hydrogens (tertiary/aromatic N) is 2. The zero-order valence-corrected chi connectivity index (χ0v) is 18.0. The molecule has 33 heavy (non-hydrogen) atoms. The molecule has 0 aliphatic carbocycles. The van der Waals surface area contributed by atoms with E-state index < -0.39 is 10.7 Å². The van der Waals surface area contributed by atoms with Gasteiger partial charge in [0.25, 0.3) is 5.69 Å². The Kier molecular flexibility index (Phi) is 7.55. The number of rotatable bonds is 9. The molecule has 0 aliphatic heterocycles. The lowest BCUT2D eigenvalue weighted by molar-refractivity contribution is -0.384. The number of allylic oxidation sites excluding steroid dienone is 2. The van der Waals surface area contributed by atoms with Crippen molar-refractivity contribution in [2.75, 3.05) is 7.11 Å². The molecule has 0 atom stereocenters. The van der Waals surface area contributed by atoms with Crippen LogP contribution in [-0.4, -0.2) is 12.0 Å². The first-order chi connectivity index (χ1) is 16.0. The van der Waals surface area contributed by atoms with Crippen LogP contribution in [-0.2, 0) is 13.0 Å². The van der Waals surface area contributed by atoms with E-state index in [2.05, 4.69) is 12.6 Å². The molecule has 0 radical (unpaired) electrons. The van der Waals surface area contributed by atoms with Crippen molar-refractivity contribution in [1.29, 1.82) is 5.26 Å². The minimum absolute atomic E-state index is 0.00275. The number of hydrogen-bond donors (Lipinski definition) is 0. The van der Waals surface area contributed by atoms with Crippen LogP contribution < -0.4 is 9.47 Å². The van der Waals surface area contributed by atoms with Crippen molar-refractivity contribution in [1.82, 2.24) is 0 Å². The normalized spacial score (nSPS) is 10.9. The highest BCUT2D eigenvalue weighted by atomic mass is 19.1. The number of nitro benzene ring substituents is 1. The van der Waals surface area contributed by atoms with Crippen LogP contribution in [0.2, 0.25) is 0 Å². The van der Waals surface area contributed by atoms with Crippen molar-refractivity contribution in [2.24, 2.45) is 0 Å². The van der Waals surface area contributed by atoms with Crippen molar-refractivity contribution in [3.05, 3.63) is 112 Å². The minimum Gasteiger partial charge on any atom is -0.493 e. The summed E-state index contributed by atoms with van der Waals surface area (Å²) in [7, 11) is 1.50. The van der Waals surface area contributed by atoms with Gasteiger partial charge in [-0.2, -0.15) is 5.26 Å². The van der Waals surface area contributed by atoms with Crippen LogP contribution in [0, 0.1) is 27.3 Å². The SMILES string of the molecule is C=CCc1cc(C=C(C#N)c2ccccc2F)cc(OC)c1OCc1ccc([N+](=O)[O-])cc1. The van der Waals surface area contributed by atoms with E-state index in [1.807, 2.05) is 6.07 Å². The highest BCUT2D eigenvalue weighted by Crippen LogP contribution is 2.35. The molecule has 3 rings (SSSR count). The van der Waals surface area contributed by atoms with Gasteiger partial charge in [-0.25, -0.2) is 4.39 Å². The maximum atomic E-state index is 14.2. The third-order valence-corrected chi connectivity index (χ3v) is 4.86. The fourth-order valence-corrected chi connectivity index (χ4v) is 3.28. The van der Waals surface area contributed by atoms with E-state index in [9.17, 15) is 19.8 Å². The van der Waals surface area contributed by atoms with E-state index in [1.54, 1.807) is 48.6 Å². The second-order valence-corrected chi connectivity index (χ2v) is 7.07. The molecule has 0 fully saturated rings. The Labute approximate surface area is 191 Å². The quantitative estimate of drug-likeness (QED) is 0.131. The standard InChI is InChI=1S/C26H21FN2O4/c1-3-6-20-13-19(14-21(16-28)23-7-4-5-8-24(23)27)15-25(32-2)26(20)33-17-18-9-11-22(12-10-18)29(30)31/h3-5,7-15H,1,6,17H2,2H3. The van der Waals surface area contributed by atoms with E-state index in [-0.39, 0.29) is 23.4 Å². The predicted molar refractivity (Wildman–Crippen MR) is 124 cm³/mol. The number of nitro groups is 1. The Hall–Kier alpha value is -4.44. The van der Waals surface area contributed by atoms with Crippen molar-refractivity contribution >= 4 is 17.3 Å². The molecule has 0 spiro atoms. The molecular formula is C26H21FN2O4. The summed E-state index contributed by atoms with van der Waals surface area (Å²) in [6, 6.07) is 17.8. The largest absolute Gasteiger partial charge is 0.493 e. The summed E-state index contributed by atoms with van der Waals surface area (Å²) < 4.78 is 25.7. The van der Waals surface area contributed by atoms with Gasteiger partial charge in [-0.05, 0) is 54.0 Å². The summed E-state index contributed by atoms with van der Waals surface area (Å²) in [4.78, 5) is 10.4. The van der Waals surface area contributed by atoms with Gasteiger partial charge in [0.2, 0.25) is 0 Å². The van der Waals surface area contributed by atoms with Gasteiger partial charge in [0.15, 0.2) is 11.5 Å². The van der Waals surface area contributed by atoms with Crippen LogP contribution in [0.15, 0.2) is 73.3 Å². The molecule has 3 aromatic carbocycles. The summed E-state index contributed by atoms with van der Waals surface area (Å²) in [6.07, 6.45) is 3.77. The molecule has 0 aromatic heterocycles. The van der Waals surface area contributed by atoms with Gasteiger partial charge in [0.1, 0.15) is 12.4 Å². The summed E-state index contributed by atoms with van der Waals surface area (Å²) in [5, 5.41) is 20.4. The molecule has 7 heteroatoms. The van der Waals surface area contributed by atoms with E-state index in [4.69, 9.17) is 9.47 Å². The second-order valence-electron chi connectivity index (χ2n) is 7.07. The Morgan fingerprint density at radius 3 is 2.55 bits per heavy atom. The number of halogens is 1. The Morgan fingerprint density at radius 1 is 1.21 bits per heavy atom. The van der Waals surface area contributed by atoms with Gasteiger partial charge in [-0.15, -0.1) is 6.58 Å². The first-order valence-corrected chi connectivity index (χ1v) is 10.0. The average molecular weight is 444 g/mol. The van der Waals surface area contributed by atoms with E-state index in [0.717, 1.165) is 11.1 Å². The molecule has 3 aromatic rings. The van der Waals surface area contributed by atoms with E-state index in [1.165, 1.54) is 25.3 Å². The molecule has 0 saturated carbocycles. The molecular weight excluding hydrogens is 423 g/mol. The van der Waals surface area contributed by atoms with Crippen molar-refractivity contribution < 1.29 is 18.8 Å². The summed E-state index contributed by atoms with van der Waals surface area (Å²) in [5.41, 5.74) is 2.56. The third kappa shape index (κ3) is 5.63. The van der Waals surface area contributed by atoms with Gasteiger partial charge < -0.3 is 9.47 Å². The Balaban J connectivity index is 1.95. The van der Waals surface area contributed by atoms with Crippen LogP contribution in [0.4, 0.5) is 10.1 Å². The van der Waals surface area contributed by atoms with E-state index in [0.29, 0.717) is 23.5 Å². The number of nitriles is 1. The molecule has 0 heterocycles. The van der Waals surface area contributed by atoms with Gasteiger partial charge in [0, 0.05) is 23.3 Å². The highest BCUT2D eigenvalue weighted by molar-refractivity contribution is 5.90. The molecule has 0 unspecified atom stereocenters. The smallest absolute Gasteiger partial charge is 0.269 e. The second kappa shape index (κ2) is 10.7. The zero-order valence-electron chi connectivity index (χ0n) is 18.0. The van der Waals surface area contributed by atoms with E-state index >= 15 is 0 Å². The van der Waals surface area contributed by atoms with Gasteiger partial charge >= 0.3 is 0 Å². The minimum atomic E-state index is -0.480. The number of ether oxygens (including phenoxy) is 2. The van der Waals surface area contributed by atoms with Crippen molar-refractivity contribution in [2.45, 2.75) is 13.0 Å². The van der Waals surface area contributed by atoms with Crippen LogP contribution in [0.3, 0.4) is 0 Å². The lowest BCUT2D eigenvalue weighted by Gasteiger charge is -2.16. The molecule has 166 valence electrons. The van der Waals surface area contributed by atoms with Gasteiger partial charge in [0.05, 0.1) is 23.7 Å².